The molecule has 0 aliphatic carbocycles. The molecule has 1 saturated heterocycles. The first-order chi connectivity index (χ1) is 8.90. The molecule has 0 aromatic carbocycles. The molecule has 104 valence electrons. The number of rotatable bonds is 3. The molecule has 1 aromatic heterocycles. The maximum absolute atomic E-state index is 12.0. The second-order valence-corrected chi connectivity index (χ2v) is 6.51. The first kappa shape index (κ1) is 14.1. The summed E-state index contributed by atoms with van der Waals surface area (Å²) in [6.07, 6.45) is 2.48. The van der Waals surface area contributed by atoms with E-state index < -0.39 is 0 Å². The van der Waals surface area contributed by atoms with Crippen molar-refractivity contribution in [3.05, 3.63) is 12.1 Å². The van der Waals surface area contributed by atoms with Gasteiger partial charge in [0.15, 0.2) is 0 Å². The van der Waals surface area contributed by atoms with Gasteiger partial charge in [-0.15, -0.1) is 22.0 Å². The Morgan fingerprint density at radius 1 is 1.37 bits per heavy atom. The molecule has 0 bridgehead atoms. The second kappa shape index (κ2) is 5.36. The summed E-state index contributed by atoms with van der Waals surface area (Å²) in [5, 5.41) is 12.4. The third-order valence-corrected chi connectivity index (χ3v) is 3.77. The number of hydrogen-bond acceptors (Lipinski definition) is 5. The van der Waals surface area contributed by atoms with E-state index in [0.29, 0.717) is 13.0 Å². The van der Waals surface area contributed by atoms with Gasteiger partial charge in [-0.3, -0.25) is 4.79 Å². The summed E-state index contributed by atoms with van der Waals surface area (Å²) in [6.45, 7) is 6.88. The molecule has 1 unspecified atom stereocenters. The van der Waals surface area contributed by atoms with Gasteiger partial charge in [0, 0.05) is 18.5 Å². The molecule has 1 aromatic rings. The minimum absolute atomic E-state index is 0.112. The number of carbonyl (C=O) groups excluding carboxylic acids is 1. The molecule has 0 radical (unpaired) electrons. The number of nitrogens with zero attached hydrogens (tertiary/aromatic N) is 3. The Hall–Kier alpha value is -1.30. The standard InChI is InChI=1S/C13H20N4OS/c1-13(2,3)17-8-9(7-12(17)18)14-10-5-6-11(19-4)16-15-10/h5-6,9H,7-8H2,1-4H3,(H,14,15). The lowest BCUT2D eigenvalue weighted by molar-refractivity contribution is -0.131. The molecule has 19 heavy (non-hydrogen) atoms. The molecular weight excluding hydrogens is 260 g/mol. The van der Waals surface area contributed by atoms with E-state index in [1.165, 1.54) is 0 Å². The number of carbonyl (C=O) groups is 1. The molecule has 6 heteroatoms. The highest BCUT2D eigenvalue weighted by atomic mass is 32.2. The van der Waals surface area contributed by atoms with E-state index in [9.17, 15) is 4.79 Å². The van der Waals surface area contributed by atoms with Gasteiger partial charge in [0.1, 0.15) is 10.8 Å². The lowest BCUT2D eigenvalue weighted by atomic mass is 10.1. The molecule has 2 rings (SSSR count). The van der Waals surface area contributed by atoms with Gasteiger partial charge in [-0.25, -0.2) is 0 Å². The fraction of sp³-hybridized carbons (Fsp3) is 0.615. The van der Waals surface area contributed by atoms with Crippen LogP contribution in [-0.2, 0) is 4.79 Å². The molecule has 1 amide bonds. The lowest BCUT2D eigenvalue weighted by Crippen LogP contribution is -2.43. The smallest absolute Gasteiger partial charge is 0.225 e. The Bertz CT molecular complexity index is 455. The van der Waals surface area contributed by atoms with E-state index in [1.807, 2.05) is 23.3 Å². The topological polar surface area (TPSA) is 58.1 Å². The van der Waals surface area contributed by atoms with E-state index >= 15 is 0 Å². The van der Waals surface area contributed by atoms with Crippen molar-refractivity contribution >= 4 is 23.5 Å². The average molecular weight is 280 g/mol. The highest BCUT2D eigenvalue weighted by Gasteiger charge is 2.36. The minimum atomic E-state index is -0.123. The van der Waals surface area contributed by atoms with Crippen LogP contribution in [0.15, 0.2) is 17.2 Å². The van der Waals surface area contributed by atoms with Crippen LogP contribution in [0.4, 0.5) is 5.82 Å². The molecule has 0 saturated carbocycles. The maximum Gasteiger partial charge on any atom is 0.225 e. The van der Waals surface area contributed by atoms with Crippen molar-refractivity contribution in [3.8, 4) is 0 Å². The molecule has 1 fully saturated rings. The average Bonchev–Trinajstić information content (AvgIpc) is 2.71. The number of amides is 1. The fourth-order valence-corrected chi connectivity index (χ4v) is 2.49. The van der Waals surface area contributed by atoms with Crippen LogP contribution < -0.4 is 5.32 Å². The predicted molar refractivity (Wildman–Crippen MR) is 77.3 cm³/mol. The number of nitrogens with one attached hydrogen (secondary N) is 1. The normalized spacial score (nSPS) is 19.9. The summed E-state index contributed by atoms with van der Waals surface area (Å²) in [6, 6.07) is 3.95. The monoisotopic (exact) mass is 280 g/mol. The van der Waals surface area contributed by atoms with Crippen LogP contribution in [-0.4, -0.2) is 45.4 Å². The van der Waals surface area contributed by atoms with Crippen LogP contribution in [0.25, 0.3) is 0 Å². The Morgan fingerprint density at radius 2 is 2.11 bits per heavy atom. The molecule has 1 aliphatic rings. The minimum Gasteiger partial charge on any atom is -0.364 e. The van der Waals surface area contributed by atoms with Crippen molar-refractivity contribution in [2.75, 3.05) is 18.1 Å². The molecule has 0 spiro atoms. The highest BCUT2D eigenvalue weighted by Crippen LogP contribution is 2.23. The summed E-state index contributed by atoms with van der Waals surface area (Å²) in [5.41, 5.74) is -0.123. The van der Waals surface area contributed by atoms with Crippen molar-refractivity contribution in [1.29, 1.82) is 0 Å². The summed E-state index contributed by atoms with van der Waals surface area (Å²) in [4.78, 5) is 13.9. The number of hydrogen-bond donors (Lipinski definition) is 1. The van der Waals surface area contributed by atoms with E-state index in [-0.39, 0.29) is 17.5 Å². The Kier molecular flexibility index (Phi) is 3.99. The first-order valence-electron chi connectivity index (χ1n) is 6.35. The zero-order valence-corrected chi connectivity index (χ0v) is 12.6. The maximum atomic E-state index is 12.0. The van der Waals surface area contributed by atoms with Gasteiger partial charge in [0.05, 0.1) is 6.04 Å². The fourth-order valence-electron chi connectivity index (χ4n) is 2.17. The first-order valence-corrected chi connectivity index (χ1v) is 7.57. The van der Waals surface area contributed by atoms with Crippen LogP contribution in [0, 0.1) is 0 Å². The van der Waals surface area contributed by atoms with Crippen LogP contribution in [0.2, 0.25) is 0 Å². The number of thioether (sulfide) groups is 1. The van der Waals surface area contributed by atoms with Gasteiger partial charge >= 0.3 is 0 Å². The Morgan fingerprint density at radius 3 is 2.58 bits per heavy atom. The van der Waals surface area contributed by atoms with Gasteiger partial charge in [0.2, 0.25) is 5.91 Å². The van der Waals surface area contributed by atoms with Gasteiger partial charge in [-0.05, 0) is 39.2 Å². The lowest BCUT2D eigenvalue weighted by Gasteiger charge is -2.32. The van der Waals surface area contributed by atoms with Crippen LogP contribution >= 0.6 is 11.8 Å². The predicted octanol–water partition coefficient (Wildman–Crippen LogP) is 2.01. The molecular formula is C13H20N4OS. The largest absolute Gasteiger partial charge is 0.364 e. The second-order valence-electron chi connectivity index (χ2n) is 5.68. The number of anilines is 1. The van der Waals surface area contributed by atoms with Gasteiger partial charge in [-0.2, -0.15) is 0 Å². The van der Waals surface area contributed by atoms with Crippen LogP contribution in [0.1, 0.15) is 27.2 Å². The number of likely N-dealkylation sites (tertiary alicyclic amines) is 1. The van der Waals surface area contributed by atoms with Crippen molar-refractivity contribution in [3.63, 3.8) is 0 Å². The Balaban J connectivity index is 1.99. The third kappa shape index (κ3) is 3.37. The zero-order chi connectivity index (χ0) is 14.0. The molecule has 1 aliphatic heterocycles. The summed E-state index contributed by atoms with van der Waals surface area (Å²) in [7, 11) is 0. The van der Waals surface area contributed by atoms with E-state index in [0.717, 1.165) is 10.8 Å². The third-order valence-electron chi connectivity index (χ3n) is 3.14. The zero-order valence-electron chi connectivity index (χ0n) is 11.8. The highest BCUT2D eigenvalue weighted by molar-refractivity contribution is 7.98. The van der Waals surface area contributed by atoms with E-state index in [4.69, 9.17) is 0 Å². The van der Waals surface area contributed by atoms with E-state index in [1.54, 1.807) is 11.8 Å². The van der Waals surface area contributed by atoms with Crippen LogP contribution in [0.5, 0.6) is 0 Å². The quantitative estimate of drug-likeness (QED) is 0.858. The molecule has 2 heterocycles. The molecule has 5 nitrogen and oxygen atoms in total. The Labute approximate surface area is 118 Å². The van der Waals surface area contributed by atoms with Crippen molar-refractivity contribution < 1.29 is 4.79 Å². The van der Waals surface area contributed by atoms with Gasteiger partial charge < -0.3 is 10.2 Å². The van der Waals surface area contributed by atoms with Crippen molar-refractivity contribution in [2.45, 2.75) is 43.8 Å². The summed E-state index contributed by atoms with van der Waals surface area (Å²) in [5.74, 6) is 0.921. The van der Waals surface area contributed by atoms with Gasteiger partial charge in [-0.1, -0.05) is 0 Å². The summed E-state index contributed by atoms with van der Waals surface area (Å²) < 4.78 is 0. The molecule has 1 N–H and O–H groups in total. The summed E-state index contributed by atoms with van der Waals surface area (Å²) >= 11 is 1.56. The van der Waals surface area contributed by atoms with Crippen LogP contribution in [0.3, 0.4) is 0 Å². The molecule has 1 atom stereocenters. The van der Waals surface area contributed by atoms with Crippen molar-refractivity contribution in [2.24, 2.45) is 0 Å². The SMILES string of the molecule is CSc1ccc(NC2CC(=O)N(C(C)(C)C)C2)nn1. The number of aromatic nitrogens is 2. The van der Waals surface area contributed by atoms with Crippen molar-refractivity contribution in [1.82, 2.24) is 15.1 Å². The van der Waals surface area contributed by atoms with E-state index in [2.05, 4.69) is 36.3 Å². The van der Waals surface area contributed by atoms with Gasteiger partial charge in [0.25, 0.3) is 0 Å².